The molecule has 1 heterocycles. The zero-order chi connectivity index (χ0) is 18.4. The van der Waals surface area contributed by atoms with Gasteiger partial charge in [-0.3, -0.25) is 9.59 Å². The molecule has 3 rings (SSSR count). The normalized spacial score (nSPS) is 10.3. The second kappa shape index (κ2) is 8.45. The van der Waals surface area contributed by atoms with Crippen molar-refractivity contribution in [3.63, 3.8) is 0 Å². The number of rotatable bonds is 6. The van der Waals surface area contributed by atoms with Crippen LogP contribution >= 0.6 is 11.3 Å². The van der Waals surface area contributed by atoms with Crippen LogP contribution in [0.4, 0.5) is 5.00 Å². The SMILES string of the molecule is Cc1cc(C(=O)NCCc2ccccc2)c(NC(=O)c2ccccc2)s1. The Balaban J connectivity index is 1.64. The Morgan fingerprint density at radius 2 is 1.58 bits per heavy atom. The van der Waals surface area contributed by atoms with E-state index in [0.29, 0.717) is 22.7 Å². The number of nitrogens with one attached hydrogen (secondary N) is 2. The number of hydrogen-bond donors (Lipinski definition) is 2. The van der Waals surface area contributed by atoms with Gasteiger partial charge in [0, 0.05) is 17.0 Å². The lowest BCUT2D eigenvalue weighted by Gasteiger charge is -2.08. The van der Waals surface area contributed by atoms with Crippen molar-refractivity contribution in [3.8, 4) is 0 Å². The third-order valence-corrected chi connectivity index (χ3v) is 4.87. The predicted molar refractivity (Wildman–Crippen MR) is 106 cm³/mol. The minimum atomic E-state index is -0.217. The van der Waals surface area contributed by atoms with E-state index in [1.165, 1.54) is 16.9 Å². The Morgan fingerprint density at radius 3 is 2.27 bits per heavy atom. The minimum absolute atomic E-state index is 0.173. The van der Waals surface area contributed by atoms with E-state index in [0.717, 1.165) is 11.3 Å². The van der Waals surface area contributed by atoms with Crippen LogP contribution in [0.25, 0.3) is 0 Å². The van der Waals surface area contributed by atoms with Gasteiger partial charge in [0.15, 0.2) is 0 Å². The van der Waals surface area contributed by atoms with Crippen LogP contribution in [0.3, 0.4) is 0 Å². The first-order valence-electron chi connectivity index (χ1n) is 8.42. The molecule has 2 amide bonds. The first-order valence-corrected chi connectivity index (χ1v) is 9.24. The van der Waals surface area contributed by atoms with Crippen molar-refractivity contribution < 1.29 is 9.59 Å². The van der Waals surface area contributed by atoms with Crippen molar-refractivity contribution in [2.24, 2.45) is 0 Å². The summed E-state index contributed by atoms with van der Waals surface area (Å²) in [6.45, 7) is 2.47. The molecule has 0 aliphatic heterocycles. The summed E-state index contributed by atoms with van der Waals surface area (Å²) in [7, 11) is 0. The quantitative estimate of drug-likeness (QED) is 0.686. The van der Waals surface area contributed by atoms with Gasteiger partial charge in [0.25, 0.3) is 11.8 Å². The lowest BCUT2D eigenvalue weighted by Crippen LogP contribution is -2.26. The summed E-state index contributed by atoms with van der Waals surface area (Å²) >= 11 is 1.40. The molecule has 0 saturated heterocycles. The van der Waals surface area contributed by atoms with Crippen molar-refractivity contribution in [1.82, 2.24) is 5.32 Å². The van der Waals surface area contributed by atoms with Gasteiger partial charge in [-0.1, -0.05) is 48.5 Å². The van der Waals surface area contributed by atoms with Crippen molar-refractivity contribution in [1.29, 1.82) is 0 Å². The van der Waals surface area contributed by atoms with Gasteiger partial charge in [-0.2, -0.15) is 0 Å². The number of aryl methyl sites for hydroxylation is 1. The second-order valence-electron chi connectivity index (χ2n) is 5.91. The fraction of sp³-hybridized carbons (Fsp3) is 0.143. The lowest BCUT2D eigenvalue weighted by molar-refractivity contribution is 0.0955. The maximum Gasteiger partial charge on any atom is 0.256 e. The van der Waals surface area contributed by atoms with E-state index >= 15 is 0 Å². The molecule has 0 unspecified atom stereocenters. The summed E-state index contributed by atoms with van der Waals surface area (Å²) < 4.78 is 0. The van der Waals surface area contributed by atoms with Gasteiger partial charge in [-0.15, -0.1) is 11.3 Å². The molecule has 3 aromatic rings. The van der Waals surface area contributed by atoms with Crippen molar-refractivity contribution in [3.05, 3.63) is 88.3 Å². The lowest BCUT2D eigenvalue weighted by atomic mass is 10.1. The molecular weight excluding hydrogens is 344 g/mol. The number of thiophene rings is 1. The van der Waals surface area contributed by atoms with Crippen LogP contribution in [0, 0.1) is 6.92 Å². The van der Waals surface area contributed by atoms with Crippen LogP contribution in [-0.2, 0) is 6.42 Å². The van der Waals surface area contributed by atoms with Crippen LogP contribution in [0.5, 0.6) is 0 Å². The van der Waals surface area contributed by atoms with Gasteiger partial charge in [0.05, 0.1) is 5.56 Å². The number of amides is 2. The van der Waals surface area contributed by atoms with E-state index in [1.807, 2.05) is 61.5 Å². The standard InChI is InChI=1S/C21H20N2O2S/c1-15-14-18(20(25)22-13-12-16-8-4-2-5-9-16)21(26-15)23-19(24)17-10-6-3-7-11-17/h2-11,14H,12-13H2,1H3,(H,22,25)(H,23,24). The summed E-state index contributed by atoms with van der Waals surface area (Å²) in [6, 6.07) is 20.8. The first kappa shape index (κ1) is 17.9. The Labute approximate surface area is 156 Å². The summed E-state index contributed by atoms with van der Waals surface area (Å²) in [5.74, 6) is -0.389. The maximum absolute atomic E-state index is 12.5. The second-order valence-corrected chi connectivity index (χ2v) is 7.17. The van der Waals surface area contributed by atoms with E-state index in [-0.39, 0.29) is 11.8 Å². The van der Waals surface area contributed by atoms with Crippen molar-refractivity contribution >= 4 is 28.2 Å². The Hall–Kier alpha value is -2.92. The molecule has 5 heteroatoms. The third-order valence-electron chi connectivity index (χ3n) is 3.90. The highest BCUT2D eigenvalue weighted by atomic mass is 32.1. The molecule has 26 heavy (non-hydrogen) atoms. The Bertz CT molecular complexity index is 889. The molecule has 1 aromatic heterocycles. The fourth-order valence-electron chi connectivity index (χ4n) is 2.60. The highest BCUT2D eigenvalue weighted by Crippen LogP contribution is 2.28. The van der Waals surface area contributed by atoms with Gasteiger partial charge in [-0.25, -0.2) is 0 Å². The Morgan fingerprint density at radius 1 is 0.923 bits per heavy atom. The van der Waals surface area contributed by atoms with E-state index in [1.54, 1.807) is 12.1 Å². The topological polar surface area (TPSA) is 58.2 Å². The third kappa shape index (κ3) is 4.58. The molecule has 0 saturated carbocycles. The molecule has 4 nitrogen and oxygen atoms in total. The average Bonchev–Trinajstić information content (AvgIpc) is 3.03. The number of carbonyl (C=O) groups excluding carboxylic acids is 2. The highest BCUT2D eigenvalue weighted by molar-refractivity contribution is 7.16. The zero-order valence-electron chi connectivity index (χ0n) is 14.5. The van der Waals surface area contributed by atoms with Crippen LogP contribution < -0.4 is 10.6 Å². The smallest absolute Gasteiger partial charge is 0.256 e. The predicted octanol–water partition coefficient (Wildman–Crippen LogP) is 4.28. The molecule has 0 aliphatic carbocycles. The van der Waals surface area contributed by atoms with Crippen LogP contribution in [0.1, 0.15) is 31.2 Å². The van der Waals surface area contributed by atoms with Gasteiger partial charge < -0.3 is 10.6 Å². The summed E-state index contributed by atoms with van der Waals surface area (Å²) in [5.41, 5.74) is 2.24. The minimum Gasteiger partial charge on any atom is -0.352 e. The first-order chi connectivity index (χ1) is 12.6. The molecule has 2 N–H and O–H groups in total. The van der Waals surface area contributed by atoms with E-state index in [9.17, 15) is 9.59 Å². The molecule has 0 radical (unpaired) electrons. The highest BCUT2D eigenvalue weighted by Gasteiger charge is 2.17. The summed E-state index contributed by atoms with van der Waals surface area (Å²) in [6.07, 6.45) is 0.765. The van der Waals surface area contributed by atoms with E-state index in [4.69, 9.17) is 0 Å². The number of hydrogen-bond acceptors (Lipinski definition) is 3. The number of anilines is 1. The van der Waals surface area contributed by atoms with E-state index in [2.05, 4.69) is 10.6 Å². The zero-order valence-corrected chi connectivity index (χ0v) is 15.3. The Kier molecular flexibility index (Phi) is 5.81. The van der Waals surface area contributed by atoms with Gasteiger partial charge in [-0.05, 0) is 37.1 Å². The molecule has 0 spiro atoms. The van der Waals surface area contributed by atoms with Crippen molar-refractivity contribution in [2.45, 2.75) is 13.3 Å². The van der Waals surface area contributed by atoms with E-state index < -0.39 is 0 Å². The number of carbonyl (C=O) groups is 2. The summed E-state index contributed by atoms with van der Waals surface area (Å²) in [5, 5.41) is 6.36. The van der Waals surface area contributed by atoms with Crippen LogP contribution in [0.2, 0.25) is 0 Å². The van der Waals surface area contributed by atoms with Gasteiger partial charge in [0.1, 0.15) is 5.00 Å². The molecule has 0 atom stereocenters. The van der Waals surface area contributed by atoms with Crippen molar-refractivity contribution in [2.75, 3.05) is 11.9 Å². The molecule has 2 aromatic carbocycles. The summed E-state index contributed by atoms with van der Waals surface area (Å²) in [4.78, 5) is 25.9. The molecule has 0 aliphatic rings. The van der Waals surface area contributed by atoms with Gasteiger partial charge >= 0.3 is 0 Å². The number of benzene rings is 2. The van der Waals surface area contributed by atoms with Crippen LogP contribution in [-0.4, -0.2) is 18.4 Å². The monoisotopic (exact) mass is 364 g/mol. The van der Waals surface area contributed by atoms with Crippen LogP contribution in [0.15, 0.2) is 66.7 Å². The maximum atomic E-state index is 12.5. The average molecular weight is 364 g/mol. The molecule has 0 bridgehead atoms. The largest absolute Gasteiger partial charge is 0.352 e. The molecule has 132 valence electrons. The van der Waals surface area contributed by atoms with Gasteiger partial charge in [0.2, 0.25) is 0 Å². The molecule has 0 fully saturated rings. The molecular formula is C21H20N2O2S. The fourth-order valence-corrected chi connectivity index (χ4v) is 3.50.